The van der Waals surface area contributed by atoms with E-state index in [9.17, 15) is 0 Å². The third-order valence-electron chi connectivity index (χ3n) is 3.60. The lowest BCUT2D eigenvalue weighted by Gasteiger charge is -2.21. The van der Waals surface area contributed by atoms with Crippen molar-refractivity contribution >= 4 is 28.2 Å². The van der Waals surface area contributed by atoms with Gasteiger partial charge >= 0.3 is 0 Å². The molecule has 94 valence electrons. The van der Waals surface area contributed by atoms with Crippen LogP contribution in [0, 0.1) is 0 Å². The van der Waals surface area contributed by atoms with Gasteiger partial charge in [-0.1, -0.05) is 23.7 Å². The van der Waals surface area contributed by atoms with Crippen LogP contribution >= 0.6 is 11.6 Å². The molecule has 0 saturated heterocycles. The van der Waals surface area contributed by atoms with E-state index in [2.05, 4.69) is 18.3 Å². The number of benzene rings is 1. The molecular formula is C15H17ClN2. The lowest BCUT2D eigenvalue weighted by atomic mass is 9.92. The van der Waals surface area contributed by atoms with Gasteiger partial charge < -0.3 is 5.32 Å². The Kier molecular flexibility index (Phi) is 3.13. The van der Waals surface area contributed by atoms with Crippen molar-refractivity contribution in [3.63, 3.8) is 0 Å². The standard InChI is InChI=1S/C15H17ClN2/c1-2-17-14-10-6-3-4-9-13(10)18-15-11(14)7-5-8-12(15)16/h5,7-8H,2-4,6,9H2,1H3,(H,17,18). The first-order valence-corrected chi connectivity index (χ1v) is 7.03. The number of fused-ring (bicyclic) bond motifs is 2. The van der Waals surface area contributed by atoms with Crippen LogP contribution in [0.5, 0.6) is 0 Å². The normalized spacial score (nSPS) is 14.6. The van der Waals surface area contributed by atoms with Crippen molar-refractivity contribution in [2.75, 3.05) is 11.9 Å². The van der Waals surface area contributed by atoms with E-state index in [0.717, 1.165) is 35.3 Å². The molecule has 0 atom stereocenters. The molecule has 0 unspecified atom stereocenters. The Hall–Kier alpha value is -1.28. The van der Waals surface area contributed by atoms with E-state index in [0.29, 0.717) is 0 Å². The van der Waals surface area contributed by atoms with E-state index in [4.69, 9.17) is 16.6 Å². The Balaban J connectivity index is 2.33. The maximum atomic E-state index is 6.28. The first-order chi connectivity index (χ1) is 8.81. The Morgan fingerprint density at radius 3 is 2.94 bits per heavy atom. The Bertz CT molecular complexity index is 593. The molecule has 0 saturated carbocycles. The van der Waals surface area contributed by atoms with E-state index in [1.165, 1.54) is 29.8 Å². The van der Waals surface area contributed by atoms with Gasteiger partial charge in [-0.25, -0.2) is 0 Å². The number of halogens is 1. The molecule has 0 radical (unpaired) electrons. The predicted molar refractivity (Wildman–Crippen MR) is 77.6 cm³/mol. The first-order valence-electron chi connectivity index (χ1n) is 6.65. The second kappa shape index (κ2) is 4.77. The molecule has 3 heteroatoms. The van der Waals surface area contributed by atoms with Gasteiger partial charge in [-0.3, -0.25) is 4.98 Å². The average molecular weight is 261 g/mol. The van der Waals surface area contributed by atoms with Gasteiger partial charge in [0, 0.05) is 23.3 Å². The maximum Gasteiger partial charge on any atom is 0.0912 e. The van der Waals surface area contributed by atoms with Crippen molar-refractivity contribution in [1.82, 2.24) is 4.98 Å². The van der Waals surface area contributed by atoms with Gasteiger partial charge in [0.15, 0.2) is 0 Å². The van der Waals surface area contributed by atoms with Gasteiger partial charge in [0.05, 0.1) is 10.5 Å². The van der Waals surface area contributed by atoms with Crippen LogP contribution in [0.2, 0.25) is 5.02 Å². The van der Waals surface area contributed by atoms with Crippen LogP contribution in [0.1, 0.15) is 31.0 Å². The van der Waals surface area contributed by atoms with Gasteiger partial charge in [0.25, 0.3) is 0 Å². The topological polar surface area (TPSA) is 24.9 Å². The number of anilines is 1. The van der Waals surface area contributed by atoms with Crippen LogP contribution in [0.25, 0.3) is 10.9 Å². The number of rotatable bonds is 2. The number of pyridine rings is 1. The predicted octanol–water partition coefficient (Wildman–Crippen LogP) is 4.20. The summed E-state index contributed by atoms with van der Waals surface area (Å²) in [6.07, 6.45) is 4.71. The quantitative estimate of drug-likeness (QED) is 0.875. The second-order valence-corrected chi connectivity index (χ2v) is 5.19. The molecule has 1 aromatic carbocycles. The molecule has 3 rings (SSSR count). The van der Waals surface area contributed by atoms with Crippen molar-refractivity contribution in [1.29, 1.82) is 0 Å². The Labute approximate surface area is 112 Å². The van der Waals surface area contributed by atoms with Crippen LogP contribution in [0.3, 0.4) is 0 Å². The monoisotopic (exact) mass is 260 g/mol. The highest BCUT2D eigenvalue weighted by atomic mass is 35.5. The minimum absolute atomic E-state index is 0.750. The van der Waals surface area contributed by atoms with E-state index in [-0.39, 0.29) is 0 Å². The Morgan fingerprint density at radius 1 is 1.28 bits per heavy atom. The largest absolute Gasteiger partial charge is 0.384 e. The summed E-state index contributed by atoms with van der Waals surface area (Å²) in [6, 6.07) is 6.03. The van der Waals surface area contributed by atoms with Crippen molar-refractivity contribution < 1.29 is 0 Å². The first kappa shape index (κ1) is 11.8. The highest BCUT2D eigenvalue weighted by Gasteiger charge is 2.18. The van der Waals surface area contributed by atoms with Gasteiger partial charge in [0.2, 0.25) is 0 Å². The summed E-state index contributed by atoms with van der Waals surface area (Å²) >= 11 is 6.28. The van der Waals surface area contributed by atoms with E-state index in [1.807, 2.05) is 12.1 Å². The van der Waals surface area contributed by atoms with Crippen molar-refractivity contribution in [2.45, 2.75) is 32.6 Å². The highest BCUT2D eigenvalue weighted by Crippen LogP contribution is 2.35. The summed E-state index contributed by atoms with van der Waals surface area (Å²) < 4.78 is 0. The van der Waals surface area contributed by atoms with Crippen LogP contribution in [-0.4, -0.2) is 11.5 Å². The third kappa shape index (κ3) is 1.85. The molecule has 0 aliphatic heterocycles. The van der Waals surface area contributed by atoms with Gasteiger partial charge in [-0.05, 0) is 44.2 Å². The summed E-state index contributed by atoms with van der Waals surface area (Å²) in [7, 11) is 0. The summed E-state index contributed by atoms with van der Waals surface area (Å²) in [4.78, 5) is 4.79. The van der Waals surface area contributed by atoms with Crippen molar-refractivity contribution in [2.24, 2.45) is 0 Å². The SMILES string of the molecule is CCNc1c2c(nc3c(Cl)cccc13)CCCC2. The van der Waals surface area contributed by atoms with Crippen LogP contribution in [-0.2, 0) is 12.8 Å². The third-order valence-corrected chi connectivity index (χ3v) is 3.90. The van der Waals surface area contributed by atoms with E-state index < -0.39 is 0 Å². The zero-order valence-corrected chi connectivity index (χ0v) is 11.3. The van der Waals surface area contributed by atoms with Gasteiger partial charge in [0.1, 0.15) is 0 Å². The number of aryl methyl sites for hydroxylation is 1. The average Bonchev–Trinajstić information content (AvgIpc) is 2.40. The zero-order chi connectivity index (χ0) is 12.5. The van der Waals surface area contributed by atoms with Gasteiger partial charge in [-0.2, -0.15) is 0 Å². The maximum absolute atomic E-state index is 6.28. The van der Waals surface area contributed by atoms with Crippen LogP contribution in [0.4, 0.5) is 5.69 Å². The second-order valence-electron chi connectivity index (χ2n) is 4.79. The molecule has 0 spiro atoms. The molecule has 1 aliphatic carbocycles. The molecule has 18 heavy (non-hydrogen) atoms. The number of hydrogen-bond acceptors (Lipinski definition) is 2. The number of aromatic nitrogens is 1. The number of para-hydroxylation sites is 1. The van der Waals surface area contributed by atoms with Gasteiger partial charge in [-0.15, -0.1) is 0 Å². The summed E-state index contributed by atoms with van der Waals surface area (Å²) in [5.74, 6) is 0. The molecule has 1 heterocycles. The molecule has 2 aromatic rings. The lowest BCUT2D eigenvalue weighted by molar-refractivity contribution is 0.672. The molecule has 0 bridgehead atoms. The summed E-state index contributed by atoms with van der Waals surface area (Å²) in [5.41, 5.74) is 4.83. The molecule has 1 N–H and O–H groups in total. The fourth-order valence-electron chi connectivity index (χ4n) is 2.79. The molecule has 1 aromatic heterocycles. The molecular weight excluding hydrogens is 244 g/mol. The zero-order valence-electron chi connectivity index (χ0n) is 10.6. The van der Waals surface area contributed by atoms with E-state index >= 15 is 0 Å². The summed E-state index contributed by atoms with van der Waals surface area (Å²) in [6.45, 7) is 3.06. The van der Waals surface area contributed by atoms with Crippen molar-refractivity contribution in [3.8, 4) is 0 Å². The van der Waals surface area contributed by atoms with E-state index in [1.54, 1.807) is 0 Å². The highest BCUT2D eigenvalue weighted by molar-refractivity contribution is 6.35. The molecule has 2 nitrogen and oxygen atoms in total. The Morgan fingerprint density at radius 2 is 2.11 bits per heavy atom. The lowest BCUT2D eigenvalue weighted by Crippen LogP contribution is -2.11. The van der Waals surface area contributed by atoms with Crippen LogP contribution < -0.4 is 5.32 Å². The fourth-order valence-corrected chi connectivity index (χ4v) is 3.01. The van der Waals surface area contributed by atoms with Crippen LogP contribution in [0.15, 0.2) is 18.2 Å². The molecule has 1 aliphatic rings. The van der Waals surface area contributed by atoms with Crippen molar-refractivity contribution in [3.05, 3.63) is 34.5 Å². The number of nitrogens with one attached hydrogen (secondary N) is 1. The number of nitrogens with zero attached hydrogens (tertiary/aromatic N) is 1. The number of hydrogen-bond donors (Lipinski definition) is 1. The smallest absolute Gasteiger partial charge is 0.0912 e. The fraction of sp³-hybridized carbons (Fsp3) is 0.400. The minimum atomic E-state index is 0.750. The minimum Gasteiger partial charge on any atom is -0.384 e. The molecule has 0 fully saturated rings. The summed E-state index contributed by atoms with van der Waals surface area (Å²) in [5, 5.41) is 5.41. The molecule has 0 amide bonds.